The molecular weight excluding hydrogens is 198 g/mol. The smallest absolute Gasteiger partial charge is 0.400 e. The maximum atomic E-state index is 5.80. The van der Waals surface area contributed by atoms with Gasteiger partial charge in [-0.3, -0.25) is 0 Å². The third-order valence-corrected chi connectivity index (χ3v) is 2.95. The third-order valence-electron chi connectivity index (χ3n) is 2.80. The van der Waals surface area contributed by atoms with Gasteiger partial charge in [-0.2, -0.15) is 0 Å². The summed E-state index contributed by atoms with van der Waals surface area (Å²) in [5.74, 6) is 1.87. The Balaban J connectivity index is 2.64. The fourth-order valence-corrected chi connectivity index (χ4v) is 1.30. The van der Waals surface area contributed by atoms with Gasteiger partial charge in [-0.25, -0.2) is 0 Å². The van der Waals surface area contributed by atoms with E-state index in [0.717, 1.165) is 0 Å². The van der Waals surface area contributed by atoms with Crippen LogP contribution >= 0.6 is 11.6 Å². The van der Waals surface area contributed by atoms with E-state index < -0.39 is 0 Å². The highest BCUT2D eigenvalue weighted by Gasteiger charge is 2.49. The molecule has 1 aliphatic rings. The van der Waals surface area contributed by atoms with Crippen molar-refractivity contribution in [2.75, 3.05) is 0 Å². The largest absolute Gasteiger partial charge is 0.486 e. The molecule has 0 aliphatic carbocycles. The van der Waals surface area contributed by atoms with Gasteiger partial charge in [0.25, 0.3) is 0 Å². The van der Waals surface area contributed by atoms with E-state index in [1.807, 2.05) is 46.7 Å². The van der Waals surface area contributed by atoms with Gasteiger partial charge in [0.1, 0.15) is 0 Å². The van der Waals surface area contributed by atoms with E-state index in [-0.39, 0.29) is 23.7 Å². The second-order valence-corrected chi connectivity index (χ2v) is 5.38. The third kappa shape index (κ3) is 2.53. The maximum absolute atomic E-state index is 5.80. The SMILES string of the molecule is CC(Cl)/C=C/B1OC(C)(C)C(C)(C)O1. The van der Waals surface area contributed by atoms with Crippen LogP contribution < -0.4 is 0 Å². The Kier molecular flexibility index (Phi) is 3.35. The molecule has 0 aromatic heterocycles. The lowest BCUT2D eigenvalue weighted by Gasteiger charge is -2.32. The minimum atomic E-state index is -0.277. The van der Waals surface area contributed by atoms with Gasteiger partial charge in [0, 0.05) is 5.38 Å². The molecule has 0 bridgehead atoms. The van der Waals surface area contributed by atoms with E-state index in [4.69, 9.17) is 20.9 Å². The Labute approximate surface area is 91.8 Å². The summed E-state index contributed by atoms with van der Waals surface area (Å²) < 4.78 is 11.5. The first-order valence-electron chi connectivity index (χ1n) is 4.93. The minimum Gasteiger partial charge on any atom is -0.400 e. The zero-order chi connectivity index (χ0) is 11.0. The van der Waals surface area contributed by atoms with E-state index in [2.05, 4.69) is 0 Å². The van der Waals surface area contributed by atoms with Crippen LogP contribution in [0.15, 0.2) is 12.1 Å². The van der Waals surface area contributed by atoms with Crippen LogP contribution in [0.2, 0.25) is 0 Å². The molecule has 0 N–H and O–H groups in total. The van der Waals surface area contributed by atoms with Gasteiger partial charge in [-0.1, -0.05) is 12.1 Å². The molecule has 1 rings (SSSR count). The maximum Gasteiger partial charge on any atom is 0.486 e. The number of rotatable bonds is 2. The number of hydrogen-bond donors (Lipinski definition) is 0. The summed E-state index contributed by atoms with van der Waals surface area (Å²) in [7, 11) is -0.277. The molecule has 1 unspecified atom stereocenters. The lowest BCUT2D eigenvalue weighted by atomic mass is 9.90. The second-order valence-electron chi connectivity index (χ2n) is 4.69. The van der Waals surface area contributed by atoms with E-state index in [1.165, 1.54) is 0 Å². The highest BCUT2D eigenvalue weighted by Crippen LogP contribution is 2.36. The van der Waals surface area contributed by atoms with Gasteiger partial charge >= 0.3 is 7.12 Å². The van der Waals surface area contributed by atoms with Crippen LogP contribution in [-0.2, 0) is 9.31 Å². The summed E-state index contributed by atoms with van der Waals surface area (Å²) in [4.78, 5) is 0. The number of halogens is 1. The van der Waals surface area contributed by atoms with Crippen LogP contribution in [0.1, 0.15) is 34.6 Å². The lowest BCUT2D eigenvalue weighted by Crippen LogP contribution is -2.41. The molecule has 1 aliphatic heterocycles. The van der Waals surface area contributed by atoms with Crippen LogP contribution in [0, 0.1) is 0 Å². The average molecular weight is 217 g/mol. The van der Waals surface area contributed by atoms with Gasteiger partial charge < -0.3 is 9.31 Å². The summed E-state index contributed by atoms with van der Waals surface area (Å²) >= 11 is 5.80. The molecule has 0 saturated carbocycles. The van der Waals surface area contributed by atoms with E-state index in [1.54, 1.807) is 0 Å². The molecular formula is C10H18BClO2. The normalized spacial score (nSPS) is 27.1. The van der Waals surface area contributed by atoms with Crippen molar-refractivity contribution in [2.24, 2.45) is 0 Å². The van der Waals surface area contributed by atoms with Crippen molar-refractivity contribution in [1.29, 1.82) is 0 Å². The Hall–Kier alpha value is 0.0149. The average Bonchev–Trinajstić information content (AvgIpc) is 2.17. The zero-order valence-electron chi connectivity index (χ0n) is 9.50. The Morgan fingerprint density at radius 3 is 1.93 bits per heavy atom. The molecule has 0 aromatic rings. The Bertz CT molecular complexity index is 220. The van der Waals surface area contributed by atoms with Crippen molar-refractivity contribution in [3.8, 4) is 0 Å². The standard InChI is InChI=1S/C10H18BClO2/c1-8(12)6-7-11-13-9(2,3)10(4,5)14-11/h6-8H,1-5H3/b7-6+. The van der Waals surface area contributed by atoms with Crippen LogP contribution in [0.25, 0.3) is 0 Å². The molecule has 0 aromatic carbocycles. The summed E-state index contributed by atoms with van der Waals surface area (Å²) in [6, 6.07) is 0. The lowest BCUT2D eigenvalue weighted by molar-refractivity contribution is 0.00578. The second kappa shape index (κ2) is 3.88. The van der Waals surface area contributed by atoms with Crippen LogP contribution in [0.5, 0.6) is 0 Å². The molecule has 1 atom stereocenters. The summed E-state index contributed by atoms with van der Waals surface area (Å²) in [5.41, 5.74) is -0.533. The van der Waals surface area contributed by atoms with Crippen molar-refractivity contribution < 1.29 is 9.31 Å². The first kappa shape index (κ1) is 12.1. The minimum absolute atomic E-state index is 0.00836. The van der Waals surface area contributed by atoms with Crippen LogP contribution in [0.3, 0.4) is 0 Å². The van der Waals surface area contributed by atoms with E-state index in [9.17, 15) is 0 Å². The predicted molar refractivity (Wildman–Crippen MR) is 60.5 cm³/mol. The first-order chi connectivity index (χ1) is 6.24. The fraction of sp³-hybridized carbons (Fsp3) is 0.800. The van der Waals surface area contributed by atoms with Gasteiger partial charge in [0.2, 0.25) is 0 Å². The molecule has 14 heavy (non-hydrogen) atoms. The predicted octanol–water partition coefficient (Wildman–Crippen LogP) is 2.80. The zero-order valence-corrected chi connectivity index (χ0v) is 10.3. The molecule has 1 heterocycles. The van der Waals surface area contributed by atoms with Crippen molar-refractivity contribution >= 4 is 18.7 Å². The van der Waals surface area contributed by atoms with Crippen LogP contribution in [0.4, 0.5) is 0 Å². The molecule has 0 radical (unpaired) electrons. The fourth-order valence-electron chi connectivity index (χ4n) is 1.21. The van der Waals surface area contributed by atoms with Gasteiger partial charge in [-0.05, 0) is 34.6 Å². The topological polar surface area (TPSA) is 18.5 Å². The monoisotopic (exact) mass is 216 g/mol. The first-order valence-corrected chi connectivity index (χ1v) is 5.36. The van der Waals surface area contributed by atoms with Crippen LogP contribution in [-0.4, -0.2) is 23.7 Å². The van der Waals surface area contributed by atoms with Gasteiger partial charge in [0.15, 0.2) is 0 Å². The Morgan fingerprint density at radius 2 is 1.57 bits per heavy atom. The molecule has 1 fully saturated rings. The molecule has 4 heteroatoms. The summed E-state index contributed by atoms with van der Waals surface area (Å²) in [5, 5.41) is 0.00836. The van der Waals surface area contributed by atoms with E-state index >= 15 is 0 Å². The van der Waals surface area contributed by atoms with Crippen molar-refractivity contribution in [2.45, 2.75) is 51.2 Å². The number of hydrogen-bond acceptors (Lipinski definition) is 2. The van der Waals surface area contributed by atoms with Crippen molar-refractivity contribution in [1.82, 2.24) is 0 Å². The number of allylic oxidation sites excluding steroid dienone is 1. The molecule has 0 amide bonds. The van der Waals surface area contributed by atoms with Crippen molar-refractivity contribution in [3.63, 3.8) is 0 Å². The quantitative estimate of drug-likeness (QED) is 0.522. The Morgan fingerprint density at radius 1 is 1.14 bits per heavy atom. The molecule has 0 spiro atoms. The molecule has 2 nitrogen and oxygen atoms in total. The number of alkyl halides is 1. The molecule has 1 saturated heterocycles. The molecule has 80 valence electrons. The summed E-state index contributed by atoms with van der Waals surface area (Å²) in [6.45, 7) is 10.0. The van der Waals surface area contributed by atoms with Gasteiger partial charge in [-0.15, -0.1) is 11.6 Å². The summed E-state index contributed by atoms with van der Waals surface area (Å²) in [6.07, 6.45) is 1.88. The highest BCUT2D eigenvalue weighted by molar-refractivity contribution is 6.51. The van der Waals surface area contributed by atoms with E-state index in [0.29, 0.717) is 0 Å². The van der Waals surface area contributed by atoms with Crippen molar-refractivity contribution in [3.05, 3.63) is 12.1 Å². The highest BCUT2D eigenvalue weighted by atomic mass is 35.5. The van der Waals surface area contributed by atoms with Gasteiger partial charge in [0.05, 0.1) is 11.2 Å².